The van der Waals surface area contributed by atoms with Crippen molar-refractivity contribution in [3.05, 3.63) is 46.6 Å². The van der Waals surface area contributed by atoms with Crippen molar-refractivity contribution in [1.82, 2.24) is 20.0 Å². The number of hydrogen-bond donors (Lipinski definition) is 1. The van der Waals surface area contributed by atoms with Gasteiger partial charge in [-0.05, 0) is 11.6 Å². The number of carbonyl (C=O) groups excluding carboxylic acids is 1. The molecule has 2 aromatic heterocycles. The summed E-state index contributed by atoms with van der Waals surface area (Å²) in [5.41, 5.74) is 1.36. The summed E-state index contributed by atoms with van der Waals surface area (Å²) in [7, 11) is 3.18. The van der Waals surface area contributed by atoms with E-state index in [2.05, 4.69) is 20.6 Å². The zero-order chi connectivity index (χ0) is 17.8. The number of nitrogens with one attached hydrogen (secondary N) is 1. The summed E-state index contributed by atoms with van der Waals surface area (Å²) in [6, 6.07) is 7.65. The summed E-state index contributed by atoms with van der Waals surface area (Å²) < 4.78 is 7.34. The first-order valence-corrected chi connectivity index (χ1v) is 9.33. The number of anilines is 1. The van der Waals surface area contributed by atoms with Gasteiger partial charge < -0.3 is 4.74 Å². The highest BCUT2D eigenvalue weighted by Gasteiger charge is 2.18. The topological polar surface area (TPSA) is 81.9 Å². The molecule has 0 bridgehead atoms. The fraction of sp³-hybridized carbons (Fsp3) is 0.200. The van der Waals surface area contributed by atoms with E-state index in [0.717, 1.165) is 14.9 Å². The molecule has 0 fully saturated rings. The van der Waals surface area contributed by atoms with Gasteiger partial charge >= 0.3 is 0 Å². The van der Waals surface area contributed by atoms with E-state index in [1.54, 1.807) is 13.2 Å². The van der Waals surface area contributed by atoms with Gasteiger partial charge in [-0.1, -0.05) is 52.9 Å². The molecule has 10 heteroatoms. The van der Waals surface area contributed by atoms with Crippen LogP contribution in [0.1, 0.15) is 15.9 Å². The molecule has 25 heavy (non-hydrogen) atoms. The van der Waals surface area contributed by atoms with Crippen LogP contribution in [0.3, 0.4) is 0 Å². The van der Waals surface area contributed by atoms with E-state index in [9.17, 15) is 4.79 Å². The Kier molecular flexibility index (Phi) is 5.57. The molecule has 7 nitrogen and oxygen atoms in total. The van der Waals surface area contributed by atoms with Crippen LogP contribution >= 0.6 is 34.7 Å². The Bertz CT molecular complexity index is 896. The lowest BCUT2D eigenvalue weighted by molar-refractivity contribution is 0.102. The minimum Gasteiger partial charge on any atom is -0.479 e. The first-order chi connectivity index (χ1) is 12.1. The molecule has 0 aliphatic rings. The summed E-state index contributed by atoms with van der Waals surface area (Å²) >= 11 is 8.95. The van der Waals surface area contributed by atoms with Crippen molar-refractivity contribution in [2.45, 2.75) is 10.1 Å². The van der Waals surface area contributed by atoms with E-state index < -0.39 is 0 Å². The van der Waals surface area contributed by atoms with Gasteiger partial charge in [0.05, 0.1) is 7.11 Å². The Balaban J connectivity index is 1.63. The predicted molar refractivity (Wildman–Crippen MR) is 98.6 cm³/mol. The van der Waals surface area contributed by atoms with Crippen LogP contribution in [-0.2, 0) is 12.8 Å². The summed E-state index contributed by atoms with van der Waals surface area (Å²) in [5, 5.41) is 16.0. The highest BCUT2D eigenvalue weighted by atomic mass is 35.5. The van der Waals surface area contributed by atoms with Crippen LogP contribution in [0.2, 0.25) is 5.02 Å². The lowest BCUT2D eigenvalue weighted by Gasteiger charge is -2.01. The zero-order valence-electron chi connectivity index (χ0n) is 13.4. The van der Waals surface area contributed by atoms with Gasteiger partial charge in [0.2, 0.25) is 11.0 Å². The van der Waals surface area contributed by atoms with E-state index in [-0.39, 0.29) is 11.8 Å². The number of rotatable bonds is 6. The molecule has 1 aromatic carbocycles. The molecule has 0 saturated carbocycles. The third kappa shape index (κ3) is 4.30. The van der Waals surface area contributed by atoms with Gasteiger partial charge in [0.1, 0.15) is 5.56 Å². The Morgan fingerprint density at radius 2 is 2.20 bits per heavy atom. The van der Waals surface area contributed by atoms with Crippen molar-refractivity contribution in [1.29, 1.82) is 0 Å². The van der Waals surface area contributed by atoms with Crippen LogP contribution in [0, 0.1) is 0 Å². The third-order valence-electron chi connectivity index (χ3n) is 3.17. The van der Waals surface area contributed by atoms with Gasteiger partial charge in [0, 0.05) is 24.0 Å². The molecule has 0 spiro atoms. The van der Waals surface area contributed by atoms with Crippen LogP contribution < -0.4 is 10.1 Å². The van der Waals surface area contributed by atoms with Crippen molar-refractivity contribution in [3.63, 3.8) is 0 Å². The molecule has 3 aromatic rings. The quantitative estimate of drug-likeness (QED) is 0.508. The fourth-order valence-corrected chi connectivity index (χ4v) is 4.05. The average molecular weight is 396 g/mol. The normalized spacial score (nSPS) is 10.7. The molecule has 3 rings (SSSR count). The molecule has 0 aliphatic carbocycles. The molecule has 1 N–H and O–H groups in total. The van der Waals surface area contributed by atoms with Gasteiger partial charge in [-0.15, -0.1) is 15.3 Å². The smallest absolute Gasteiger partial charge is 0.264 e. The maximum atomic E-state index is 12.3. The second-order valence-corrected chi connectivity index (χ2v) is 7.54. The van der Waals surface area contributed by atoms with Gasteiger partial charge in [-0.3, -0.25) is 14.8 Å². The molecule has 2 heterocycles. The van der Waals surface area contributed by atoms with Crippen molar-refractivity contribution in [2.24, 2.45) is 7.05 Å². The van der Waals surface area contributed by atoms with E-state index in [0.29, 0.717) is 16.4 Å². The summed E-state index contributed by atoms with van der Waals surface area (Å²) in [6.07, 6.45) is 1.59. The first-order valence-electron chi connectivity index (χ1n) is 7.15. The molecule has 1 amide bonds. The number of benzene rings is 1. The van der Waals surface area contributed by atoms with Gasteiger partial charge in [0.15, 0.2) is 4.34 Å². The molecular weight excluding hydrogens is 382 g/mol. The number of halogens is 1. The number of aryl methyl sites for hydroxylation is 1. The van der Waals surface area contributed by atoms with Crippen molar-refractivity contribution < 1.29 is 9.53 Å². The maximum absolute atomic E-state index is 12.3. The Morgan fingerprint density at radius 3 is 2.96 bits per heavy atom. The number of ether oxygens (including phenoxy) is 1. The number of hydrogen-bond acceptors (Lipinski definition) is 7. The zero-order valence-corrected chi connectivity index (χ0v) is 15.8. The maximum Gasteiger partial charge on any atom is 0.264 e. The first kappa shape index (κ1) is 17.7. The molecule has 0 radical (unpaired) electrons. The average Bonchev–Trinajstić information content (AvgIpc) is 3.20. The molecule has 130 valence electrons. The van der Waals surface area contributed by atoms with Gasteiger partial charge in [0.25, 0.3) is 5.91 Å². The number of aromatic nitrogens is 4. The number of carbonyl (C=O) groups is 1. The third-order valence-corrected chi connectivity index (χ3v) is 5.56. The van der Waals surface area contributed by atoms with Crippen LogP contribution in [-0.4, -0.2) is 33.0 Å². The monoisotopic (exact) mass is 395 g/mol. The second kappa shape index (κ2) is 7.85. The van der Waals surface area contributed by atoms with E-state index in [4.69, 9.17) is 16.3 Å². The molecule has 0 saturated heterocycles. The van der Waals surface area contributed by atoms with Crippen LogP contribution in [0.15, 0.2) is 34.8 Å². The van der Waals surface area contributed by atoms with E-state index in [1.165, 1.54) is 34.9 Å². The number of nitrogens with zero attached hydrogens (tertiary/aromatic N) is 4. The standard InChI is InChI=1S/C15H14ClN5O2S2/c1-21-7-10(13(20-21)23-2)12(22)17-14-18-19-15(25-14)24-8-9-5-3-4-6-11(9)16/h3-7H,8H2,1-2H3,(H,17,18,22). The van der Waals surface area contributed by atoms with Crippen molar-refractivity contribution >= 4 is 45.7 Å². The highest BCUT2D eigenvalue weighted by Crippen LogP contribution is 2.30. The second-order valence-electron chi connectivity index (χ2n) is 4.93. The highest BCUT2D eigenvalue weighted by molar-refractivity contribution is 8.00. The Labute approximate surface area is 157 Å². The van der Waals surface area contributed by atoms with Crippen molar-refractivity contribution in [3.8, 4) is 5.88 Å². The largest absolute Gasteiger partial charge is 0.479 e. The number of methoxy groups -OCH3 is 1. The van der Waals surface area contributed by atoms with Crippen LogP contribution in [0.4, 0.5) is 5.13 Å². The van der Waals surface area contributed by atoms with E-state index in [1.807, 2.05) is 24.3 Å². The summed E-state index contributed by atoms with van der Waals surface area (Å²) in [6.45, 7) is 0. The molecule has 0 atom stereocenters. The van der Waals surface area contributed by atoms with E-state index >= 15 is 0 Å². The molecule has 0 aliphatic heterocycles. The van der Waals surface area contributed by atoms with Gasteiger partial charge in [-0.2, -0.15) is 0 Å². The van der Waals surface area contributed by atoms with Crippen LogP contribution in [0.5, 0.6) is 5.88 Å². The molecule has 0 unspecified atom stereocenters. The van der Waals surface area contributed by atoms with Crippen molar-refractivity contribution in [2.75, 3.05) is 12.4 Å². The fourth-order valence-electron chi connectivity index (χ4n) is 2.01. The Morgan fingerprint density at radius 1 is 1.40 bits per heavy atom. The lowest BCUT2D eigenvalue weighted by Crippen LogP contribution is -2.12. The van der Waals surface area contributed by atoms with Gasteiger partial charge in [-0.25, -0.2) is 0 Å². The number of amides is 1. The lowest BCUT2D eigenvalue weighted by atomic mass is 10.2. The number of thioether (sulfide) groups is 1. The minimum atomic E-state index is -0.344. The minimum absolute atomic E-state index is 0.262. The van der Waals surface area contributed by atoms with Crippen LogP contribution in [0.25, 0.3) is 0 Å². The SMILES string of the molecule is COc1nn(C)cc1C(=O)Nc1nnc(SCc2ccccc2Cl)s1. The predicted octanol–water partition coefficient (Wildman–Crippen LogP) is 3.48. The summed E-state index contributed by atoms with van der Waals surface area (Å²) in [4.78, 5) is 12.3. The Hall–Kier alpha value is -2.10. The summed E-state index contributed by atoms with van der Waals surface area (Å²) in [5.74, 6) is 0.597. The molecular formula is C15H14ClN5O2S2.